The normalized spacial score (nSPS) is 14.7. The Morgan fingerprint density at radius 2 is 1.81 bits per heavy atom. The summed E-state index contributed by atoms with van der Waals surface area (Å²) in [6.45, 7) is 1.18. The van der Waals surface area contributed by atoms with Crippen molar-refractivity contribution in [1.82, 2.24) is 10.2 Å². The summed E-state index contributed by atoms with van der Waals surface area (Å²) in [4.78, 5) is 8.28. The van der Waals surface area contributed by atoms with E-state index in [4.69, 9.17) is 0 Å². The topological polar surface area (TPSA) is 30.9 Å². The Kier molecular flexibility index (Phi) is 7.55. The molecule has 7 heteroatoms. The van der Waals surface area contributed by atoms with Crippen molar-refractivity contribution < 1.29 is 8.78 Å². The van der Waals surface area contributed by atoms with Crippen LogP contribution in [0.15, 0.2) is 47.5 Å². The summed E-state index contributed by atoms with van der Waals surface area (Å²) in [6, 6.07) is 11.7. The van der Waals surface area contributed by atoms with Crippen LogP contribution in [0, 0.1) is 11.6 Å². The van der Waals surface area contributed by atoms with Gasteiger partial charge in [-0.1, -0.05) is 24.3 Å². The van der Waals surface area contributed by atoms with Gasteiger partial charge >= 0.3 is 0 Å². The number of hydrogen-bond donors (Lipinski definition) is 1. The second-order valence-corrected chi connectivity index (χ2v) is 6.57. The van der Waals surface area contributed by atoms with Gasteiger partial charge in [-0.25, -0.2) is 8.78 Å². The minimum Gasteiger partial charge on any atom is -0.354 e. The highest BCUT2D eigenvalue weighted by Crippen LogP contribution is 2.28. The van der Waals surface area contributed by atoms with Crippen LogP contribution in [0.1, 0.15) is 17.2 Å². The second kappa shape index (κ2) is 9.45. The fraction of sp³-hybridized carbons (Fsp3) is 0.350. The predicted octanol–water partition coefficient (Wildman–Crippen LogP) is 3.82. The van der Waals surface area contributed by atoms with Crippen LogP contribution >= 0.6 is 24.0 Å². The molecule has 0 bridgehead atoms. The number of benzene rings is 2. The Labute approximate surface area is 176 Å². The molecule has 0 aliphatic carbocycles. The lowest BCUT2D eigenvalue weighted by molar-refractivity contribution is 0.283. The molecule has 146 valence electrons. The largest absolute Gasteiger partial charge is 0.354 e. The van der Waals surface area contributed by atoms with E-state index in [1.54, 1.807) is 11.9 Å². The third-order valence-electron chi connectivity index (χ3n) is 4.76. The number of likely N-dealkylation sites (N-methyl/N-ethyl adjacent to an activating group) is 1. The lowest BCUT2D eigenvalue weighted by Gasteiger charge is -2.29. The van der Waals surface area contributed by atoms with E-state index in [1.807, 2.05) is 26.2 Å². The number of anilines is 1. The number of rotatable bonds is 4. The van der Waals surface area contributed by atoms with Crippen molar-refractivity contribution in [3.05, 3.63) is 65.2 Å². The van der Waals surface area contributed by atoms with Crippen LogP contribution in [0.4, 0.5) is 14.5 Å². The van der Waals surface area contributed by atoms with Crippen molar-refractivity contribution in [3.63, 3.8) is 0 Å². The van der Waals surface area contributed by atoms with Crippen molar-refractivity contribution in [2.75, 3.05) is 39.1 Å². The molecule has 0 saturated heterocycles. The van der Waals surface area contributed by atoms with E-state index in [0.29, 0.717) is 12.5 Å². The van der Waals surface area contributed by atoms with Gasteiger partial charge in [-0.3, -0.25) is 4.99 Å². The zero-order chi connectivity index (χ0) is 18.7. The zero-order valence-electron chi connectivity index (χ0n) is 15.7. The third kappa shape index (κ3) is 4.57. The van der Waals surface area contributed by atoms with Crippen molar-refractivity contribution in [3.8, 4) is 0 Å². The van der Waals surface area contributed by atoms with E-state index in [1.165, 1.54) is 23.8 Å². The Hall–Kier alpha value is -1.74. The molecule has 1 atom stereocenters. The van der Waals surface area contributed by atoms with Gasteiger partial charge in [0.15, 0.2) is 5.96 Å². The Balaban J connectivity index is 0.00000261. The van der Waals surface area contributed by atoms with Gasteiger partial charge in [0.25, 0.3) is 0 Å². The summed E-state index contributed by atoms with van der Waals surface area (Å²) in [6.07, 6.45) is 0.954. The van der Waals surface area contributed by atoms with E-state index in [9.17, 15) is 8.78 Å². The summed E-state index contributed by atoms with van der Waals surface area (Å²) in [5.74, 6) is -0.363. The number of halogens is 3. The minimum atomic E-state index is -0.535. The molecule has 1 heterocycles. The molecular formula is C20H25F2IN4. The second-order valence-electron chi connectivity index (χ2n) is 6.57. The number of guanidine groups is 1. The van der Waals surface area contributed by atoms with Gasteiger partial charge in [-0.15, -0.1) is 24.0 Å². The lowest BCUT2D eigenvalue weighted by Crippen LogP contribution is -2.44. The number of nitrogens with one attached hydrogen (secondary N) is 1. The average molecular weight is 486 g/mol. The van der Waals surface area contributed by atoms with Gasteiger partial charge < -0.3 is 15.1 Å². The van der Waals surface area contributed by atoms with Gasteiger partial charge in [0.05, 0.1) is 6.04 Å². The molecule has 0 amide bonds. The van der Waals surface area contributed by atoms with Gasteiger partial charge in [-0.05, 0) is 44.3 Å². The first-order valence-electron chi connectivity index (χ1n) is 8.69. The molecule has 0 spiro atoms. The van der Waals surface area contributed by atoms with Gasteiger partial charge in [0.1, 0.15) is 11.6 Å². The van der Waals surface area contributed by atoms with Crippen LogP contribution in [0.25, 0.3) is 0 Å². The summed E-state index contributed by atoms with van der Waals surface area (Å²) < 4.78 is 28.5. The van der Waals surface area contributed by atoms with Gasteiger partial charge in [0.2, 0.25) is 0 Å². The number of fused-ring (bicyclic) bond motifs is 1. The fourth-order valence-corrected chi connectivity index (χ4v) is 3.41. The number of para-hydroxylation sites is 1. The highest BCUT2D eigenvalue weighted by atomic mass is 127. The summed E-state index contributed by atoms with van der Waals surface area (Å²) >= 11 is 0. The van der Waals surface area contributed by atoms with Crippen LogP contribution < -0.4 is 10.2 Å². The monoisotopic (exact) mass is 486 g/mol. The Morgan fingerprint density at radius 3 is 2.44 bits per heavy atom. The quantitative estimate of drug-likeness (QED) is 0.405. The average Bonchev–Trinajstić information content (AvgIpc) is 3.04. The van der Waals surface area contributed by atoms with E-state index in [0.717, 1.165) is 18.7 Å². The lowest BCUT2D eigenvalue weighted by atomic mass is 10.0. The zero-order valence-corrected chi connectivity index (χ0v) is 18.1. The highest BCUT2D eigenvalue weighted by molar-refractivity contribution is 14.0. The van der Waals surface area contributed by atoms with Crippen molar-refractivity contribution in [2.45, 2.75) is 12.5 Å². The summed E-state index contributed by atoms with van der Waals surface area (Å²) in [5, 5.41) is 3.29. The number of nitrogens with zero attached hydrogens (tertiary/aromatic N) is 3. The highest BCUT2D eigenvalue weighted by Gasteiger charge is 2.26. The maximum absolute atomic E-state index is 14.2. The van der Waals surface area contributed by atoms with E-state index < -0.39 is 17.7 Å². The molecule has 1 N–H and O–H groups in total. The maximum atomic E-state index is 14.2. The summed E-state index contributed by atoms with van der Waals surface area (Å²) in [5.41, 5.74) is 2.47. The van der Waals surface area contributed by atoms with Gasteiger partial charge in [0, 0.05) is 31.4 Å². The predicted molar refractivity (Wildman–Crippen MR) is 117 cm³/mol. The molecule has 1 aliphatic heterocycles. The maximum Gasteiger partial charge on any atom is 0.198 e. The van der Waals surface area contributed by atoms with Crippen LogP contribution in [-0.2, 0) is 6.42 Å². The molecule has 0 fully saturated rings. The first-order valence-corrected chi connectivity index (χ1v) is 8.69. The minimum absolute atomic E-state index is 0. The van der Waals surface area contributed by atoms with Gasteiger partial charge in [-0.2, -0.15) is 0 Å². The molecule has 3 rings (SSSR count). The number of hydrogen-bond acceptors (Lipinski definition) is 2. The van der Waals surface area contributed by atoms with Crippen LogP contribution in [0.5, 0.6) is 0 Å². The van der Waals surface area contributed by atoms with Crippen molar-refractivity contribution >= 4 is 35.6 Å². The van der Waals surface area contributed by atoms with Crippen LogP contribution in [-0.4, -0.2) is 45.1 Å². The molecule has 1 unspecified atom stereocenters. The molecule has 4 nitrogen and oxygen atoms in total. The summed E-state index contributed by atoms with van der Waals surface area (Å²) in [7, 11) is 5.34. The van der Waals surface area contributed by atoms with Crippen LogP contribution in [0.2, 0.25) is 0 Å². The first kappa shape index (κ1) is 21.6. The molecule has 27 heavy (non-hydrogen) atoms. The van der Waals surface area contributed by atoms with E-state index in [2.05, 4.69) is 27.3 Å². The van der Waals surface area contributed by atoms with E-state index in [-0.39, 0.29) is 29.5 Å². The Morgan fingerprint density at radius 1 is 1.15 bits per heavy atom. The first-order chi connectivity index (χ1) is 12.5. The Bertz CT molecular complexity index is 790. The molecule has 2 aromatic carbocycles. The molecule has 1 aliphatic rings. The van der Waals surface area contributed by atoms with Crippen LogP contribution in [0.3, 0.4) is 0 Å². The SMILES string of the molecule is CN=C(NCC(c1c(F)cccc1F)N(C)C)N1CCc2ccccc21.I. The molecule has 0 saturated carbocycles. The molecule has 0 radical (unpaired) electrons. The van der Waals surface area contributed by atoms with E-state index >= 15 is 0 Å². The van der Waals surface area contributed by atoms with Crippen molar-refractivity contribution in [2.24, 2.45) is 4.99 Å². The molecule has 0 aromatic heterocycles. The third-order valence-corrected chi connectivity index (χ3v) is 4.76. The van der Waals surface area contributed by atoms with Crippen molar-refractivity contribution in [1.29, 1.82) is 0 Å². The fourth-order valence-electron chi connectivity index (χ4n) is 3.41. The molecular weight excluding hydrogens is 461 g/mol. The standard InChI is InChI=1S/C20H24F2N4.HI/c1-23-20(26-12-11-14-7-4-5-10-17(14)26)24-13-18(25(2)3)19-15(21)8-6-9-16(19)22;/h4-10,18H,11-13H2,1-3H3,(H,23,24);1H. The smallest absolute Gasteiger partial charge is 0.198 e. The molecule has 2 aromatic rings. The number of aliphatic imine (C=N–C) groups is 1.